The highest BCUT2D eigenvalue weighted by molar-refractivity contribution is 5.17. The molecule has 0 N–H and O–H groups in total. The number of nitriles is 1. The Kier molecular flexibility index (Phi) is 1.90. The predicted molar refractivity (Wildman–Crippen MR) is 48.2 cm³/mol. The van der Waals surface area contributed by atoms with Gasteiger partial charge in [-0.15, -0.1) is 6.42 Å². The fraction of sp³-hybridized carbons (Fsp3) is 0.700. The van der Waals surface area contributed by atoms with Gasteiger partial charge in [-0.25, -0.2) is 0 Å². The van der Waals surface area contributed by atoms with Crippen LogP contribution in [-0.2, 0) is 0 Å². The number of nitrogens with zero attached hydrogens (tertiary/aromatic N) is 2. The summed E-state index contributed by atoms with van der Waals surface area (Å²) in [5, 5.41) is 8.77. The summed E-state index contributed by atoms with van der Waals surface area (Å²) in [4.78, 5) is 2.15. The van der Waals surface area contributed by atoms with Crippen LogP contribution in [0.3, 0.4) is 0 Å². The maximum Gasteiger partial charge on any atom is 0.0800 e. The summed E-state index contributed by atoms with van der Waals surface area (Å²) in [6.45, 7) is 7.56. The Labute approximate surface area is 74.2 Å². The lowest BCUT2D eigenvalue weighted by molar-refractivity contribution is 0.00281. The van der Waals surface area contributed by atoms with Gasteiger partial charge in [-0.2, -0.15) is 5.26 Å². The Morgan fingerprint density at radius 2 is 2.00 bits per heavy atom. The van der Waals surface area contributed by atoms with Crippen molar-refractivity contribution >= 4 is 0 Å². The second kappa shape index (κ2) is 2.51. The quantitative estimate of drug-likeness (QED) is 0.542. The molecule has 0 aromatic carbocycles. The minimum Gasteiger partial charge on any atom is -0.284 e. The van der Waals surface area contributed by atoms with Crippen LogP contribution in [0.2, 0.25) is 0 Å². The molecule has 1 saturated heterocycles. The number of likely N-dealkylation sites (tertiary alicyclic amines) is 1. The minimum absolute atomic E-state index is 0.172. The van der Waals surface area contributed by atoms with Gasteiger partial charge in [0.1, 0.15) is 0 Å². The zero-order valence-corrected chi connectivity index (χ0v) is 7.89. The molecule has 2 nitrogen and oxygen atoms in total. The molecule has 64 valence electrons. The van der Waals surface area contributed by atoms with Crippen LogP contribution in [-0.4, -0.2) is 23.5 Å². The average Bonchev–Trinajstić information content (AvgIpc) is 1.98. The zero-order valence-electron chi connectivity index (χ0n) is 7.89. The number of rotatable bonds is 1. The lowest BCUT2D eigenvalue weighted by Crippen LogP contribution is -2.61. The third kappa shape index (κ3) is 1.31. The molecule has 0 amide bonds. The first-order chi connectivity index (χ1) is 5.43. The van der Waals surface area contributed by atoms with Gasteiger partial charge in [0.15, 0.2) is 0 Å². The fourth-order valence-corrected chi connectivity index (χ4v) is 1.35. The standard InChI is InChI=1S/C10H14N2/c1-5-9(2,3)12-7-10(4,6-11)8-12/h1H,7-8H2,2-4H3. The largest absolute Gasteiger partial charge is 0.284 e. The van der Waals surface area contributed by atoms with Crippen molar-refractivity contribution in [2.45, 2.75) is 26.3 Å². The van der Waals surface area contributed by atoms with E-state index < -0.39 is 0 Å². The molecule has 12 heavy (non-hydrogen) atoms. The smallest absolute Gasteiger partial charge is 0.0800 e. The first kappa shape index (κ1) is 9.10. The van der Waals surface area contributed by atoms with Crippen molar-refractivity contribution in [1.29, 1.82) is 5.26 Å². The van der Waals surface area contributed by atoms with E-state index in [-0.39, 0.29) is 11.0 Å². The second-order valence-electron chi connectivity index (χ2n) is 4.23. The molecule has 2 heteroatoms. The van der Waals surface area contributed by atoms with Crippen molar-refractivity contribution < 1.29 is 0 Å². The molecule has 0 aromatic heterocycles. The molecule has 0 bridgehead atoms. The molecule has 1 aliphatic rings. The first-order valence-electron chi connectivity index (χ1n) is 4.08. The van der Waals surface area contributed by atoms with Crippen molar-refractivity contribution in [1.82, 2.24) is 4.90 Å². The van der Waals surface area contributed by atoms with E-state index in [4.69, 9.17) is 11.7 Å². The number of hydrogen-bond donors (Lipinski definition) is 0. The van der Waals surface area contributed by atoms with Gasteiger partial charge in [0.2, 0.25) is 0 Å². The molecule has 0 spiro atoms. The summed E-state index contributed by atoms with van der Waals surface area (Å²) in [7, 11) is 0. The van der Waals surface area contributed by atoms with Gasteiger partial charge in [-0.1, -0.05) is 5.92 Å². The van der Waals surface area contributed by atoms with Gasteiger partial charge < -0.3 is 0 Å². The van der Waals surface area contributed by atoms with Gasteiger partial charge in [0, 0.05) is 13.1 Å². The molecule has 0 unspecified atom stereocenters. The number of terminal acetylenes is 1. The lowest BCUT2D eigenvalue weighted by Gasteiger charge is -2.49. The summed E-state index contributed by atoms with van der Waals surface area (Å²) in [6, 6.07) is 2.29. The molecule has 1 heterocycles. The van der Waals surface area contributed by atoms with Crippen LogP contribution in [0.15, 0.2) is 0 Å². The van der Waals surface area contributed by atoms with E-state index in [9.17, 15) is 0 Å². The topological polar surface area (TPSA) is 27.0 Å². The zero-order chi connectivity index (χ0) is 9.41. The van der Waals surface area contributed by atoms with E-state index in [0.717, 1.165) is 13.1 Å². The summed E-state index contributed by atoms with van der Waals surface area (Å²) < 4.78 is 0. The summed E-state index contributed by atoms with van der Waals surface area (Å²) in [6.07, 6.45) is 5.37. The molecule has 0 aliphatic carbocycles. The maximum absolute atomic E-state index is 8.77. The summed E-state index contributed by atoms with van der Waals surface area (Å²) >= 11 is 0. The molecule has 0 radical (unpaired) electrons. The highest BCUT2D eigenvalue weighted by atomic mass is 15.3. The van der Waals surface area contributed by atoms with Crippen LogP contribution >= 0.6 is 0 Å². The summed E-state index contributed by atoms with van der Waals surface area (Å²) in [5.41, 5.74) is -0.371. The van der Waals surface area contributed by atoms with Gasteiger partial charge in [0.25, 0.3) is 0 Å². The Morgan fingerprint density at radius 3 is 2.33 bits per heavy atom. The fourth-order valence-electron chi connectivity index (χ4n) is 1.35. The van der Waals surface area contributed by atoms with E-state index in [1.807, 2.05) is 20.8 Å². The van der Waals surface area contributed by atoms with Gasteiger partial charge in [0.05, 0.1) is 17.0 Å². The maximum atomic E-state index is 8.77. The predicted octanol–water partition coefficient (Wildman–Crippen LogP) is 1.24. The minimum atomic E-state index is -0.198. The molecular formula is C10H14N2. The summed E-state index contributed by atoms with van der Waals surface area (Å²) in [5.74, 6) is 2.72. The number of hydrogen-bond acceptors (Lipinski definition) is 2. The normalized spacial score (nSPS) is 22.1. The molecule has 1 aliphatic heterocycles. The van der Waals surface area contributed by atoms with Crippen molar-refractivity contribution in [3.63, 3.8) is 0 Å². The molecule has 0 atom stereocenters. The Morgan fingerprint density at radius 1 is 1.50 bits per heavy atom. The van der Waals surface area contributed by atoms with Crippen LogP contribution in [0.1, 0.15) is 20.8 Å². The third-order valence-electron chi connectivity index (χ3n) is 2.49. The van der Waals surface area contributed by atoms with E-state index >= 15 is 0 Å². The van der Waals surface area contributed by atoms with E-state index in [1.54, 1.807) is 0 Å². The van der Waals surface area contributed by atoms with Crippen LogP contribution in [0.25, 0.3) is 0 Å². The molecule has 0 aromatic rings. The van der Waals surface area contributed by atoms with E-state index in [0.29, 0.717) is 0 Å². The van der Waals surface area contributed by atoms with Gasteiger partial charge in [-0.05, 0) is 20.8 Å². The molecule has 1 rings (SSSR count). The SMILES string of the molecule is C#CC(C)(C)N1CC(C)(C#N)C1. The van der Waals surface area contributed by atoms with Crippen LogP contribution in [0, 0.1) is 29.1 Å². The van der Waals surface area contributed by atoms with Gasteiger partial charge in [-0.3, -0.25) is 4.90 Å². The average molecular weight is 162 g/mol. The molecular weight excluding hydrogens is 148 g/mol. The van der Waals surface area contributed by atoms with Crippen molar-refractivity contribution in [3.05, 3.63) is 0 Å². The van der Waals surface area contributed by atoms with Crippen molar-refractivity contribution in [3.8, 4) is 18.4 Å². The first-order valence-corrected chi connectivity index (χ1v) is 4.08. The van der Waals surface area contributed by atoms with Crippen LogP contribution < -0.4 is 0 Å². The van der Waals surface area contributed by atoms with E-state index in [1.165, 1.54) is 0 Å². The highest BCUT2D eigenvalue weighted by Crippen LogP contribution is 2.34. The molecule has 1 fully saturated rings. The molecule has 0 saturated carbocycles. The Bertz CT molecular complexity index is 259. The third-order valence-corrected chi connectivity index (χ3v) is 2.49. The highest BCUT2D eigenvalue weighted by Gasteiger charge is 2.44. The monoisotopic (exact) mass is 162 g/mol. The van der Waals surface area contributed by atoms with Crippen molar-refractivity contribution in [2.75, 3.05) is 13.1 Å². The van der Waals surface area contributed by atoms with Crippen LogP contribution in [0.4, 0.5) is 0 Å². The van der Waals surface area contributed by atoms with E-state index in [2.05, 4.69) is 16.9 Å². The van der Waals surface area contributed by atoms with Crippen LogP contribution in [0.5, 0.6) is 0 Å². The van der Waals surface area contributed by atoms with Gasteiger partial charge >= 0.3 is 0 Å². The van der Waals surface area contributed by atoms with Crippen molar-refractivity contribution in [2.24, 2.45) is 5.41 Å². The second-order valence-corrected chi connectivity index (χ2v) is 4.23. The lowest BCUT2D eigenvalue weighted by atomic mass is 9.80. The Balaban J connectivity index is 2.58. The Hall–Kier alpha value is -0.990.